The zero-order chi connectivity index (χ0) is 17.1. The van der Waals surface area contributed by atoms with Gasteiger partial charge in [-0.05, 0) is 31.4 Å². The molecule has 6 nitrogen and oxygen atoms in total. The molecule has 0 fully saturated rings. The van der Waals surface area contributed by atoms with Gasteiger partial charge >= 0.3 is 0 Å². The number of nitrogens with zero attached hydrogens (tertiary/aromatic N) is 3. The molecule has 3 rings (SSSR count). The molecule has 0 saturated carbocycles. The minimum Gasteiger partial charge on any atom is -0.469 e. The van der Waals surface area contributed by atoms with Gasteiger partial charge in [0.15, 0.2) is 0 Å². The van der Waals surface area contributed by atoms with Crippen LogP contribution >= 0.6 is 0 Å². The van der Waals surface area contributed by atoms with Gasteiger partial charge in [0.2, 0.25) is 0 Å². The van der Waals surface area contributed by atoms with E-state index >= 15 is 0 Å². The van der Waals surface area contributed by atoms with Crippen molar-refractivity contribution in [3.8, 4) is 0 Å². The maximum absolute atomic E-state index is 13.1. The number of furan rings is 1. The number of amides is 1. The Morgan fingerprint density at radius 3 is 3.00 bits per heavy atom. The molecule has 24 heavy (non-hydrogen) atoms. The number of hydrogen-bond acceptors (Lipinski definition) is 4. The first-order chi connectivity index (χ1) is 11.6. The molecule has 2 aromatic heterocycles. The van der Waals surface area contributed by atoms with Gasteiger partial charge in [-0.3, -0.25) is 9.48 Å². The summed E-state index contributed by atoms with van der Waals surface area (Å²) in [5.74, 6) is 1.13. The van der Waals surface area contributed by atoms with E-state index in [0.29, 0.717) is 37.0 Å². The summed E-state index contributed by atoms with van der Waals surface area (Å²) >= 11 is 0. The van der Waals surface area contributed by atoms with Crippen LogP contribution in [0.1, 0.15) is 42.1 Å². The summed E-state index contributed by atoms with van der Waals surface area (Å²) in [6, 6.07) is 3.75. The van der Waals surface area contributed by atoms with Crippen molar-refractivity contribution in [3.63, 3.8) is 0 Å². The summed E-state index contributed by atoms with van der Waals surface area (Å²) in [4.78, 5) is 15.0. The maximum atomic E-state index is 13.1. The molecule has 6 heteroatoms. The number of aryl methyl sites for hydroxylation is 2. The zero-order valence-electron chi connectivity index (χ0n) is 14.6. The van der Waals surface area contributed by atoms with E-state index < -0.39 is 0 Å². The fourth-order valence-corrected chi connectivity index (χ4v) is 3.04. The van der Waals surface area contributed by atoms with E-state index in [1.54, 1.807) is 18.5 Å². The van der Waals surface area contributed by atoms with Crippen LogP contribution in [-0.2, 0) is 17.8 Å². The largest absolute Gasteiger partial charge is 0.469 e. The maximum Gasteiger partial charge on any atom is 0.258 e. The van der Waals surface area contributed by atoms with Crippen molar-refractivity contribution in [1.82, 2.24) is 14.7 Å². The van der Waals surface area contributed by atoms with E-state index in [2.05, 4.69) is 18.9 Å². The molecule has 2 aromatic rings. The standard InChI is InChI=1S/C18H25N3O3/c1-13(2)11-23-12-16-5-8-21-15(4-7-19-21)10-20(16)18(22)17-6-9-24-14(17)3/h4,6-7,9,13,16H,5,8,10-12H2,1-3H3/t16-/m1/s1. The third-order valence-electron chi connectivity index (χ3n) is 4.36. The van der Waals surface area contributed by atoms with E-state index in [9.17, 15) is 4.79 Å². The van der Waals surface area contributed by atoms with Gasteiger partial charge < -0.3 is 14.1 Å². The van der Waals surface area contributed by atoms with E-state index in [1.807, 2.05) is 22.6 Å². The van der Waals surface area contributed by atoms with Crippen LogP contribution in [0, 0.1) is 12.8 Å². The van der Waals surface area contributed by atoms with Crippen LogP contribution in [0.4, 0.5) is 0 Å². The number of rotatable bonds is 5. The number of hydrogen-bond donors (Lipinski definition) is 0. The Labute approximate surface area is 142 Å². The molecular weight excluding hydrogens is 306 g/mol. The van der Waals surface area contributed by atoms with Gasteiger partial charge in [0.25, 0.3) is 5.91 Å². The lowest BCUT2D eigenvalue weighted by atomic mass is 10.1. The van der Waals surface area contributed by atoms with Crippen molar-refractivity contribution in [3.05, 3.63) is 41.6 Å². The summed E-state index contributed by atoms with van der Waals surface area (Å²) in [6.07, 6.45) is 4.18. The van der Waals surface area contributed by atoms with Crippen molar-refractivity contribution >= 4 is 5.91 Å². The Hall–Kier alpha value is -2.08. The Morgan fingerprint density at radius 1 is 1.46 bits per heavy atom. The number of carbonyl (C=O) groups excluding carboxylic acids is 1. The zero-order valence-corrected chi connectivity index (χ0v) is 14.6. The minimum atomic E-state index is -0.00551. The lowest BCUT2D eigenvalue weighted by Crippen LogP contribution is -2.42. The van der Waals surface area contributed by atoms with Crippen LogP contribution in [0.5, 0.6) is 0 Å². The smallest absolute Gasteiger partial charge is 0.258 e. The fourth-order valence-electron chi connectivity index (χ4n) is 3.04. The Kier molecular flexibility index (Phi) is 5.04. The summed E-state index contributed by atoms with van der Waals surface area (Å²) in [7, 11) is 0. The summed E-state index contributed by atoms with van der Waals surface area (Å²) in [6.45, 7) is 8.66. The van der Waals surface area contributed by atoms with Gasteiger partial charge in [-0.15, -0.1) is 0 Å². The predicted molar refractivity (Wildman–Crippen MR) is 89.6 cm³/mol. The van der Waals surface area contributed by atoms with E-state index in [0.717, 1.165) is 18.7 Å². The first kappa shape index (κ1) is 16.8. The number of ether oxygens (including phenoxy) is 1. The van der Waals surface area contributed by atoms with Gasteiger partial charge in [-0.2, -0.15) is 5.10 Å². The van der Waals surface area contributed by atoms with E-state index in [4.69, 9.17) is 9.15 Å². The van der Waals surface area contributed by atoms with Gasteiger partial charge in [-0.1, -0.05) is 13.8 Å². The Balaban J connectivity index is 1.81. The molecule has 0 bridgehead atoms. The third-order valence-corrected chi connectivity index (χ3v) is 4.36. The molecule has 0 spiro atoms. The second-order valence-corrected chi connectivity index (χ2v) is 6.74. The van der Waals surface area contributed by atoms with E-state index in [1.165, 1.54) is 0 Å². The fraction of sp³-hybridized carbons (Fsp3) is 0.556. The Bertz CT molecular complexity index is 689. The first-order valence-electron chi connectivity index (χ1n) is 8.49. The summed E-state index contributed by atoms with van der Waals surface area (Å²) in [5, 5.41) is 4.35. The van der Waals surface area contributed by atoms with Gasteiger partial charge in [-0.25, -0.2) is 0 Å². The van der Waals surface area contributed by atoms with Crippen LogP contribution in [0.25, 0.3) is 0 Å². The molecule has 1 amide bonds. The molecule has 130 valence electrons. The Morgan fingerprint density at radius 2 is 2.29 bits per heavy atom. The molecule has 1 aliphatic heterocycles. The van der Waals surface area contributed by atoms with Crippen LogP contribution in [0.3, 0.4) is 0 Å². The second kappa shape index (κ2) is 7.21. The average Bonchev–Trinajstić information content (AvgIpc) is 3.13. The highest BCUT2D eigenvalue weighted by molar-refractivity contribution is 5.95. The molecule has 1 aliphatic rings. The van der Waals surface area contributed by atoms with Gasteiger partial charge in [0, 0.05) is 19.3 Å². The van der Waals surface area contributed by atoms with Crippen molar-refractivity contribution in [2.24, 2.45) is 5.92 Å². The highest BCUT2D eigenvalue weighted by atomic mass is 16.5. The normalized spacial score (nSPS) is 17.8. The second-order valence-electron chi connectivity index (χ2n) is 6.74. The number of carbonyl (C=O) groups is 1. The molecule has 0 unspecified atom stereocenters. The highest BCUT2D eigenvalue weighted by Crippen LogP contribution is 2.22. The molecule has 0 radical (unpaired) electrons. The number of aromatic nitrogens is 2. The molecule has 0 saturated heterocycles. The quantitative estimate of drug-likeness (QED) is 0.845. The minimum absolute atomic E-state index is 0.00551. The third kappa shape index (κ3) is 3.53. The SMILES string of the molecule is Cc1occc1C(=O)N1Cc2ccnn2CC[C@@H]1COCC(C)C. The highest BCUT2D eigenvalue weighted by Gasteiger charge is 2.30. The topological polar surface area (TPSA) is 60.5 Å². The van der Waals surface area contributed by atoms with Crippen molar-refractivity contribution < 1.29 is 13.9 Å². The predicted octanol–water partition coefficient (Wildman–Crippen LogP) is 2.87. The van der Waals surface area contributed by atoms with Gasteiger partial charge in [0.05, 0.1) is 36.7 Å². The lowest BCUT2D eigenvalue weighted by Gasteiger charge is -2.29. The van der Waals surface area contributed by atoms with Gasteiger partial charge in [0.1, 0.15) is 5.76 Å². The van der Waals surface area contributed by atoms with Crippen molar-refractivity contribution in [2.75, 3.05) is 13.2 Å². The molecule has 0 N–H and O–H groups in total. The summed E-state index contributed by atoms with van der Waals surface area (Å²) in [5.41, 5.74) is 1.67. The van der Waals surface area contributed by atoms with E-state index in [-0.39, 0.29) is 11.9 Å². The van der Waals surface area contributed by atoms with Crippen LogP contribution in [0.15, 0.2) is 29.0 Å². The average molecular weight is 331 g/mol. The molecule has 0 aliphatic carbocycles. The van der Waals surface area contributed by atoms with Crippen LogP contribution in [0.2, 0.25) is 0 Å². The summed E-state index contributed by atoms with van der Waals surface area (Å²) < 4.78 is 13.1. The molecule has 0 aromatic carbocycles. The number of fused-ring (bicyclic) bond motifs is 1. The van der Waals surface area contributed by atoms with Crippen LogP contribution < -0.4 is 0 Å². The van der Waals surface area contributed by atoms with Crippen molar-refractivity contribution in [1.29, 1.82) is 0 Å². The molecule has 1 atom stereocenters. The van der Waals surface area contributed by atoms with Crippen molar-refractivity contribution in [2.45, 2.75) is 46.3 Å². The van der Waals surface area contributed by atoms with Crippen LogP contribution in [-0.4, -0.2) is 39.8 Å². The molecular formula is C18H25N3O3. The first-order valence-corrected chi connectivity index (χ1v) is 8.49. The lowest BCUT2D eigenvalue weighted by molar-refractivity contribution is 0.0331. The molecule has 3 heterocycles. The monoisotopic (exact) mass is 331 g/mol.